The van der Waals surface area contributed by atoms with E-state index in [0.717, 1.165) is 18.4 Å². The number of rotatable bonds is 2. The smallest absolute Gasteiger partial charge is 0.410 e. The summed E-state index contributed by atoms with van der Waals surface area (Å²) in [6.45, 7) is 2.53. The van der Waals surface area contributed by atoms with Gasteiger partial charge in [0.1, 0.15) is 5.75 Å². The summed E-state index contributed by atoms with van der Waals surface area (Å²) >= 11 is 0. The van der Waals surface area contributed by atoms with Crippen molar-refractivity contribution in [2.75, 3.05) is 13.6 Å². The lowest BCUT2D eigenvalue weighted by molar-refractivity contribution is 0.165. The second-order valence-corrected chi connectivity index (χ2v) is 4.39. The van der Waals surface area contributed by atoms with Crippen molar-refractivity contribution in [2.45, 2.75) is 25.8 Å². The van der Waals surface area contributed by atoms with E-state index in [-0.39, 0.29) is 12.1 Å². The van der Waals surface area contributed by atoms with E-state index >= 15 is 0 Å². The van der Waals surface area contributed by atoms with Gasteiger partial charge in [0.25, 0.3) is 0 Å². The summed E-state index contributed by atoms with van der Waals surface area (Å²) in [7, 11) is 1.71. The zero-order chi connectivity index (χ0) is 12.4. The molecular formula is C13H18N2O2. The Hall–Kier alpha value is -1.55. The molecule has 1 aliphatic carbocycles. The molecule has 0 unspecified atom stereocenters. The van der Waals surface area contributed by atoms with Gasteiger partial charge in [0.05, 0.1) is 0 Å². The summed E-state index contributed by atoms with van der Waals surface area (Å²) in [6, 6.07) is 5.79. The first-order chi connectivity index (χ1) is 8.11. The van der Waals surface area contributed by atoms with Crippen LogP contribution in [0.3, 0.4) is 0 Å². The van der Waals surface area contributed by atoms with Gasteiger partial charge in [0, 0.05) is 19.6 Å². The summed E-state index contributed by atoms with van der Waals surface area (Å²) in [5.74, 6) is 0.575. The lowest BCUT2D eigenvalue weighted by atomic mass is 10.1. The molecule has 2 N–H and O–H groups in total. The Morgan fingerprint density at radius 3 is 3.06 bits per heavy atom. The highest BCUT2D eigenvalue weighted by atomic mass is 16.6. The van der Waals surface area contributed by atoms with Crippen molar-refractivity contribution in [3.63, 3.8) is 0 Å². The van der Waals surface area contributed by atoms with Gasteiger partial charge in [-0.25, -0.2) is 4.79 Å². The maximum atomic E-state index is 11.6. The monoisotopic (exact) mass is 234 g/mol. The second-order valence-electron chi connectivity index (χ2n) is 4.39. The number of nitrogens with zero attached hydrogens (tertiary/aromatic N) is 1. The molecule has 1 aromatic rings. The van der Waals surface area contributed by atoms with Gasteiger partial charge in [-0.15, -0.1) is 0 Å². The zero-order valence-corrected chi connectivity index (χ0v) is 10.3. The number of fused-ring (bicyclic) bond motifs is 1. The molecule has 1 atom stereocenters. The standard InChI is InChI=1S/C13H18N2O2/c1-3-15(2)13(16)17-10-6-4-9-5-7-12(14)11(9)8-10/h4,6,8,12H,3,5,7,14H2,1-2H3/t12-/m0/s1. The normalized spacial score (nSPS) is 17.7. The predicted molar refractivity (Wildman–Crippen MR) is 66.0 cm³/mol. The molecule has 0 spiro atoms. The molecule has 0 radical (unpaired) electrons. The Labute approximate surface area is 101 Å². The summed E-state index contributed by atoms with van der Waals surface area (Å²) in [5.41, 5.74) is 8.35. The number of aryl methyl sites for hydroxylation is 1. The fourth-order valence-electron chi connectivity index (χ4n) is 1.98. The minimum absolute atomic E-state index is 0.0764. The third-order valence-electron chi connectivity index (χ3n) is 3.23. The molecule has 0 fully saturated rings. The Kier molecular flexibility index (Phi) is 3.33. The molecule has 1 aromatic carbocycles. The van der Waals surface area contributed by atoms with Crippen LogP contribution >= 0.6 is 0 Å². The van der Waals surface area contributed by atoms with Gasteiger partial charge in [-0.2, -0.15) is 0 Å². The first-order valence-corrected chi connectivity index (χ1v) is 5.93. The molecule has 0 saturated heterocycles. The van der Waals surface area contributed by atoms with Crippen LogP contribution in [0.4, 0.5) is 4.79 Å². The fourth-order valence-corrected chi connectivity index (χ4v) is 1.98. The predicted octanol–water partition coefficient (Wildman–Crippen LogP) is 2.08. The summed E-state index contributed by atoms with van der Waals surface area (Å²) in [6.07, 6.45) is 1.65. The van der Waals surface area contributed by atoms with Crippen molar-refractivity contribution < 1.29 is 9.53 Å². The molecule has 92 valence electrons. The van der Waals surface area contributed by atoms with E-state index in [4.69, 9.17) is 10.5 Å². The van der Waals surface area contributed by atoms with Gasteiger partial charge in [0.15, 0.2) is 0 Å². The number of amides is 1. The number of nitrogens with two attached hydrogens (primary N) is 1. The van der Waals surface area contributed by atoms with E-state index in [0.29, 0.717) is 12.3 Å². The maximum absolute atomic E-state index is 11.6. The average Bonchev–Trinajstić information content (AvgIpc) is 2.70. The van der Waals surface area contributed by atoms with Gasteiger partial charge in [-0.1, -0.05) is 6.07 Å². The average molecular weight is 234 g/mol. The third-order valence-corrected chi connectivity index (χ3v) is 3.23. The zero-order valence-electron chi connectivity index (χ0n) is 10.3. The lowest BCUT2D eigenvalue weighted by Crippen LogP contribution is -2.29. The fraction of sp³-hybridized carbons (Fsp3) is 0.462. The van der Waals surface area contributed by atoms with Crippen LogP contribution in [-0.2, 0) is 6.42 Å². The van der Waals surface area contributed by atoms with E-state index < -0.39 is 0 Å². The van der Waals surface area contributed by atoms with Crippen LogP contribution < -0.4 is 10.5 Å². The molecule has 0 bridgehead atoms. The van der Waals surface area contributed by atoms with Crippen LogP contribution in [0.25, 0.3) is 0 Å². The number of hydrogen-bond acceptors (Lipinski definition) is 3. The quantitative estimate of drug-likeness (QED) is 0.852. The van der Waals surface area contributed by atoms with E-state index in [1.165, 1.54) is 10.5 Å². The van der Waals surface area contributed by atoms with Gasteiger partial charge < -0.3 is 15.4 Å². The molecule has 17 heavy (non-hydrogen) atoms. The summed E-state index contributed by atoms with van der Waals surface area (Å²) in [5, 5.41) is 0. The van der Waals surface area contributed by atoms with Gasteiger partial charge in [-0.05, 0) is 43.0 Å². The maximum Gasteiger partial charge on any atom is 0.414 e. The highest BCUT2D eigenvalue weighted by molar-refractivity contribution is 5.70. The molecule has 0 heterocycles. The Morgan fingerprint density at radius 1 is 1.59 bits per heavy atom. The molecule has 4 heteroatoms. The minimum Gasteiger partial charge on any atom is -0.410 e. The van der Waals surface area contributed by atoms with E-state index in [1.54, 1.807) is 7.05 Å². The van der Waals surface area contributed by atoms with E-state index in [1.807, 2.05) is 25.1 Å². The molecule has 0 aliphatic heterocycles. The highest BCUT2D eigenvalue weighted by Gasteiger charge is 2.20. The molecule has 4 nitrogen and oxygen atoms in total. The number of carbonyl (C=O) groups excluding carboxylic acids is 1. The molecule has 0 saturated carbocycles. The van der Waals surface area contributed by atoms with Gasteiger partial charge >= 0.3 is 6.09 Å². The van der Waals surface area contributed by atoms with Gasteiger partial charge in [-0.3, -0.25) is 0 Å². The van der Waals surface area contributed by atoms with Gasteiger partial charge in [0.2, 0.25) is 0 Å². The topological polar surface area (TPSA) is 55.6 Å². The summed E-state index contributed by atoms with van der Waals surface area (Å²) in [4.78, 5) is 13.1. The van der Waals surface area contributed by atoms with Crippen molar-refractivity contribution >= 4 is 6.09 Å². The Morgan fingerprint density at radius 2 is 2.35 bits per heavy atom. The first kappa shape index (κ1) is 11.9. The minimum atomic E-state index is -0.334. The number of ether oxygens (including phenoxy) is 1. The molecule has 1 aliphatic rings. The Balaban J connectivity index is 2.13. The van der Waals surface area contributed by atoms with Crippen LogP contribution in [0.2, 0.25) is 0 Å². The van der Waals surface area contributed by atoms with Crippen molar-refractivity contribution in [1.29, 1.82) is 0 Å². The SMILES string of the molecule is CCN(C)C(=O)Oc1ccc2c(c1)[C@@H](N)CC2. The summed E-state index contributed by atoms with van der Waals surface area (Å²) < 4.78 is 5.27. The van der Waals surface area contributed by atoms with Crippen molar-refractivity contribution in [1.82, 2.24) is 4.90 Å². The van der Waals surface area contributed by atoms with Crippen LogP contribution in [-0.4, -0.2) is 24.6 Å². The first-order valence-electron chi connectivity index (χ1n) is 5.93. The van der Waals surface area contributed by atoms with Crippen molar-refractivity contribution in [3.8, 4) is 5.75 Å². The van der Waals surface area contributed by atoms with Crippen molar-refractivity contribution in [3.05, 3.63) is 29.3 Å². The van der Waals surface area contributed by atoms with Crippen LogP contribution in [0.5, 0.6) is 5.75 Å². The molecule has 2 rings (SSSR count). The number of carbonyl (C=O) groups is 1. The van der Waals surface area contributed by atoms with Crippen LogP contribution in [0, 0.1) is 0 Å². The number of benzene rings is 1. The lowest BCUT2D eigenvalue weighted by Gasteiger charge is -2.15. The second kappa shape index (κ2) is 4.75. The van der Waals surface area contributed by atoms with E-state index in [2.05, 4.69) is 0 Å². The van der Waals surface area contributed by atoms with Crippen molar-refractivity contribution in [2.24, 2.45) is 5.73 Å². The van der Waals surface area contributed by atoms with Crippen LogP contribution in [0.1, 0.15) is 30.5 Å². The third kappa shape index (κ3) is 2.42. The number of hydrogen-bond donors (Lipinski definition) is 1. The molecule has 1 amide bonds. The Bertz CT molecular complexity index is 431. The molecule has 0 aromatic heterocycles. The van der Waals surface area contributed by atoms with E-state index in [9.17, 15) is 4.79 Å². The molecular weight excluding hydrogens is 216 g/mol. The largest absolute Gasteiger partial charge is 0.414 e. The highest BCUT2D eigenvalue weighted by Crippen LogP contribution is 2.32. The van der Waals surface area contributed by atoms with Crippen LogP contribution in [0.15, 0.2) is 18.2 Å².